The largest absolute Gasteiger partial charge is 0.506 e. The molecule has 2 aliphatic carbocycles. The van der Waals surface area contributed by atoms with Gasteiger partial charge in [-0.25, -0.2) is 4.79 Å². The number of hydrogen-bond acceptors (Lipinski definition) is 9. The minimum absolute atomic E-state index is 0.0465. The van der Waals surface area contributed by atoms with E-state index in [1.165, 1.54) is 23.3 Å². The minimum Gasteiger partial charge on any atom is -0.506 e. The van der Waals surface area contributed by atoms with Crippen molar-refractivity contribution >= 4 is 28.6 Å². The first-order valence-corrected chi connectivity index (χ1v) is 21.8. The molecule has 12 heteroatoms. The molecule has 5 N–H and O–H groups in total. The number of aliphatic hydroxyl groups excluding tert-OH is 1. The van der Waals surface area contributed by atoms with E-state index >= 15 is 0 Å². The van der Waals surface area contributed by atoms with Crippen molar-refractivity contribution in [2.24, 2.45) is 11.8 Å². The summed E-state index contributed by atoms with van der Waals surface area (Å²) >= 11 is 0. The van der Waals surface area contributed by atoms with E-state index in [9.17, 15) is 24.6 Å². The summed E-state index contributed by atoms with van der Waals surface area (Å²) in [5.74, 6) is 1.13. The fraction of sp³-hybridized carbons (Fsp3) is 0.408. The molecule has 3 aliphatic rings. The predicted molar refractivity (Wildman–Crippen MR) is 237 cm³/mol. The number of nitrogens with zero attached hydrogens (tertiary/aromatic N) is 2. The summed E-state index contributed by atoms with van der Waals surface area (Å²) in [6.07, 6.45) is 4.62. The van der Waals surface area contributed by atoms with Crippen molar-refractivity contribution in [1.29, 1.82) is 0 Å². The molecule has 61 heavy (non-hydrogen) atoms. The molecule has 4 aromatic carbocycles. The summed E-state index contributed by atoms with van der Waals surface area (Å²) in [4.78, 5) is 45.0. The van der Waals surface area contributed by atoms with Crippen molar-refractivity contribution < 1.29 is 29.3 Å². The SMILES string of the molecule is O=C(Nc1ccccc1-c1ccccc1)O[C@H]1C[C@@H]2CN(CCc3cccc(CCOCCC(=O)N(CCNC[C@H](O)c4ccc(O)c5[nH]c(=O)ccc45)C4CC4)c3)C[C@@H]2C1. The number of anilines is 1. The molecule has 8 rings (SSSR count). The highest BCUT2D eigenvalue weighted by Crippen LogP contribution is 2.40. The lowest BCUT2D eigenvalue weighted by molar-refractivity contribution is -0.132. The molecule has 5 aromatic rings. The van der Waals surface area contributed by atoms with Crippen LogP contribution in [0.15, 0.2) is 108 Å². The fourth-order valence-electron chi connectivity index (χ4n) is 9.19. The zero-order valence-electron chi connectivity index (χ0n) is 34.6. The number of pyridine rings is 1. The van der Waals surface area contributed by atoms with Gasteiger partial charge in [0.25, 0.3) is 0 Å². The molecule has 320 valence electrons. The van der Waals surface area contributed by atoms with Crippen LogP contribution in [0.2, 0.25) is 0 Å². The van der Waals surface area contributed by atoms with E-state index in [1.807, 2.05) is 59.5 Å². The van der Waals surface area contributed by atoms with Gasteiger partial charge in [-0.15, -0.1) is 0 Å². The number of aromatic hydroxyl groups is 1. The van der Waals surface area contributed by atoms with Gasteiger partial charge in [-0.3, -0.25) is 14.9 Å². The molecule has 4 atom stereocenters. The Bertz CT molecular complexity index is 2320. The fourth-order valence-corrected chi connectivity index (χ4v) is 9.19. The predicted octanol–water partition coefficient (Wildman–Crippen LogP) is 6.67. The number of aromatic amines is 1. The topological polar surface area (TPSA) is 156 Å². The van der Waals surface area contributed by atoms with E-state index in [4.69, 9.17) is 9.47 Å². The number of carbonyl (C=O) groups is 2. The lowest BCUT2D eigenvalue weighted by atomic mass is 10.0. The van der Waals surface area contributed by atoms with Crippen LogP contribution in [0, 0.1) is 11.8 Å². The zero-order chi connectivity index (χ0) is 42.1. The summed E-state index contributed by atoms with van der Waals surface area (Å²) in [5, 5.41) is 27.9. The number of hydrogen-bond donors (Lipinski definition) is 5. The van der Waals surface area contributed by atoms with Gasteiger partial charge < -0.3 is 39.8 Å². The number of phenols is 1. The number of para-hydroxylation sites is 1. The smallest absolute Gasteiger partial charge is 0.411 e. The van der Waals surface area contributed by atoms with E-state index in [-0.39, 0.29) is 42.0 Å². The van der Waals surface area contributed by atoms with Gasteiger partial charge >= 0.3 is 6.09 Å². The first kappa shape index (κ1) is 42.2. The monoisotopic (exact) mass is 827 g/mol. The lowest BCUT2D eigenvalue weighted by Crippen LogP contribution is -2.39. The van der Waals surface area contributed by atoms with Crippen molar-refractivity contribution in [2.45, 2.75) is 63.2 Å². The van der Waals surface area contributed by atoms with Gasteiger partial charge in [0, 0.05) is 62.3 Å². The van der Waals surface area contributed by atoms with Gasteiger partial charge in [-0.05, 0) is 90.8 Å². The Kier molecular flexibility index (Phi) is 13.8. The van der Waals surface area contributed by atoms with Crippen molar-refractivity contribution in [3.8, 4) is 16.9 Å². The number of amides is 2. The molecule has 0 bridgehead atoms. The number of phenolic OH excluding ortho intramolecular Hbond substituents is 1. The summed E-state index contributed by atoms with van der Waals surface area (Å²) in [7, 11) is 0. The highest BCUT2D eigenvalue weighted by molar-refractivity contribution is 5.91. The number of ether oxygens (including phenoxy) is 2. The second kappa shape index (κ2) is 19.9. The molecule has 0 radical (unpaired) electrons. The van der Waals surface area contributed by atoms with Crippen LogP contribution in [-0.2, 0) is 27.1 Å². The first-order valence-electron chi connectivity index (χ1n) is 21.8. The maximum Gasteiger partial charge on any atom is 0.411 e. The van der Waals surface area contributed by atoms with Crippen molar-refractivity contribution in [2.75, 3.05) is 57.8 Å². The molecule has 2 amide bonds. The minimum atomic E-state index is -0.854. The van der Waals surface area contributed by atoms with Crippen molar-refractivity contribution in [3.05, 3.63) is 130 Å². The Morgan fingerprint density at radius 2 is 1.62 bits per heavy atom. The number of fused-ring (bicyclic) bond motifs is 2. The van der Waals surface area contributed by atoms with Gasteiger partial charge in [0.2, 0.25) is 11.5 Å². The van der Waals surface area contributed by atoms with Gasteiger partial charge in [0.15, 0.2) is 0 Å². The van der Waals surface area contributed by atoms with Crippen LogP contribution in [-0.4, -0.2) is 102 Å². The normalized spacial score (nSPS) is 19.1. The summed E-state index contributed by atoms with van der Waals surface area (Å²) in [6, 6.07) is 33.0. The van der Waals surface area contributed by atoms with E-state index in [0.29, 0.717) is 61.0 Å². The third-order valence-electron chi connectivity index (χ3n) is 12.5. The highest BCUT2D eigenvalue weighted by Gasteiger charge is 2.42. The van der Waals surface area contributed by atoms with Crippen molar-refractivity contribution in [3.63, 3.8) is 0 Å². The molecule has 2 saturated carbocycles. The molecular weight excluding hydrogens is 771 g/mol. The Balaban J connectivity index is 0.702. The molecule has 1 aromatic heterocycles. The Morgan fingerprint density at radius 1 is 0.869 bits per heavy atom. The van der Waals surface area contributed by atoms with E-state index in [1.54, 1.807) is 12.1 Å². The number of rotatable bonds is 19. The van der Waals surface area contributed by atoms with Gasteiger partial charge in [-0.1, -0.05) is 78.9 Å². The van der Waals surface area contributed by atoms with Crippen LogP contribution in [0.1, 0.15) is 54.9 Å². The Labute approximate surface area is 356 Å². The highest BCUT2D eigenvalue weighted by atomic mass is 16.6. The van der Waals surface area contributed by atoms with Gasteiger partial charge in [-0.2, -0.15) is 0 Å². The lowest BCUT2D eigenvalue weighted by Gasteiger charge is -2.23. The van der Waals surface area contributed by atoms with Crippen LogP contribution in [0.3, 0.4) is 0 Å². The molecule has 0 unspecified atom stereocenters. The van der Waals surface area contributed by atoms with E-state index in [0.717, 1.165) is 75.0 Å². The second-order valence-corrected chi connectivity index (χ2v) is 16.8. The number of aliphatic hydroxyl groups is 1. The zero-order valence-corrected chi connectivity index (χ0v) is 34.6. The van der Waals surface area contributed by atoms with Gasteiger partial charge in [0.05, 0.1) is 36.9 Å². The average molecular weight is 828 g/mol. The molecule has 12 nitrogen and oxygen atoms in total. The number of benzene rings is 4. The summed E-state index contributed by atoms with van der Waals surface area (Å²) < 4.78 is 11.9. The first-order chi connectivity index (χ1) is 29.8. The number of H-pyrrole nitrogens is 1. The van der Waals surface area contributed by atoms with Crippen LogP contribution in [0.25, 0.3) is 22.0 Å². The molecule has 1 aliphatic heterocycles. The molecule has 1 saturated heterocycles. The van der Waals surface area contributed by atoms with Crippen LogP contribution in [0.4, 0.5) is 10.5 Å². The molecule has 0 spiro atoms. The molecular formula is C49H57N5O7. The van der Waals surface area contributed by atoms with Crippen LogP contribution in [0.5, 0.6) is 5.75 Å². The number of likely N-dealkylation sites (tertiary alicyclic amines) is 1. The summed E-state index contributed by atoms with van der Waals surface area (Å²) in [6.45, 7) is 5.35. The number of nitrogens with one attached hydrogen (secondary N) is 3. The Hall–Kier alpha value is -5.53. The summed E-state index contributed by atoms with van der Waals surface area (Å²) in [5.41, 5.74) is 5.90. The van der Waals surface area contributed by atoms with E-state index < -0.39 is 6.10 Å². The maximum absolute atomic E-state index is 13.2. The number of carbonyl (C=O) groups excluding carboxylic acids is 2. The molecule has 2 heterocycles. The maximum atomic E-state index is 13.2. The molecule has 3 fully saturated rings. The quantitative estimate of drug-likeness (QED) is 0.0575. The average Bonchev–Trinajstić information content (AvgIpc) is 3.93. The van der Waals surface area contributed by atoms with Gasteiger partial charge in [0.1, 0.15) is 11.9 Å². The van der Waals surface area contributed by atoms with E-state index in [2.05, 4.69) is 44.8 Å². The van der Waals surface area contributed by atoms with Crippen LogP contribution >= 0.6 is 0 Å². The van der Waals surface area contributed by atoms with Crippen molar-refractivity contribution in [1.82, 2.24) is 20.1 Å². The number of aromatic nitrogens is 1. The Morgan fingerprint density at radius 3 is 2.41 bits per heavy atom. The third kappa shape index (κ3) is 11.1. The van der Waals surface area contributed by atoms with Crippen LogP contribution < -0.4 is 16.2 Å². The second-order valence-electron chi connectivity index (χ2n) is 16.8. The standard InChI is InChI=1S/C49H57N5O7/c55-44-17-15-41(42-16-18-46(57)52-48(42)44)45(56)30-50-22-24-54(38-13-14-38)47(58)21-26-60-25-20-34-8-6-7-33(27-34)19-23-53-31-36-28-39(29-37(36)32-53)61-49(59)51-43-12-5-4-11-40(43)35-9-2-1-3-10-35/h1-12,15-18,27,36-39,45,50,55-56H,13-14,19-26,28-32H2,(H,51,59)(H,52,57)/t36-,37+,39+,45-/m0/s1. The third-order valence-corrected chi connectivity index (χ3v) is 12.5.